The molecule has 0 aliphatic carbocycles. The molecule has 1 aromatic carbocycles. The second-order valence-electron chi connectivity index (χ2n) is 7.21. The molecule has 0 bridgehead atoms. The van der Waals surface area contributed by atoms with Crippen LogP contribution in [0.2, 0.25) is 0 Å². The Hall–Kier alpha value is -0.860. The van der Waals surface area contributed by atoms with Gasteiger partial charge < -0.3 is 5.32 Å². The van der Waals surface area contributed by atoms with Gasteiger partial charge in [-0.05, 0) is 43.7 Å². The molecule has 118 valence electrons. The molecule has 1 heterocycles. The predicted molar refractivity (Wildman–Crippen MR) is 91.5 cm³/mol. The fraction of sp³-hybridized carbons (Fsp3) is 0.684. The maximum atomic E-state index is 3.67. The average molecular weight is 288 g/mol. The number of piperidine rings is 1. The van der Waals surface area contributed by atoms with E-state index in [4.69, 9.17) is 0 Å². The van der Waals surface area contributed by atoms with Gasteiger partial charge in [0.1, 0.15) is 0 Å². The highest BCUT2D eigenvalue weighted by Crippen LogP contribution is 2.30. The fourth-order valence-corrected chi connectivity index (χ4v) is 3.37. The van der Waals surface area contributed by atoms with E-state index in [2.05, 4.69) is 68.2 Å². The van der Waals surface area contributed by atoms with E-state index in [-0.39, 0.29) is 0 Å². The van der Waals surface area contributed by atoms with Gasteiger partial charge in [-0.3, -0.25) is 4.90 Å². The summed E-state index contributed by atoms with van der Waals surface area (Å²) in [6, 6.07) is 12.2. The minimum Gasteiger partial charge on any atom is -0.315 e. The number of hydrogen-bond donors (Lipinski definition) is 1. The van der Waals surface area contributed by atoms with Crippen molar-refractivity contribution in [3.8, 4) is 0 Å². The Morgan fingerprint density at radius 2 is 1.81 bits per heavy atom. The zero-order valence-corrected chi connectivity index (χ0v) is 14.2. The lowest BCUT2D eigenvalue weighted by Gasteiger charge is -2.42. The lowest BCUT2D eigenvalue weighted by atomic mass is 9.91. The third kappa shape index (κ3) is 4.82. The highest BCUT2D eigenvalue weighted by Gasteiger charge is 2.29. The average Bonchev–Trinajstić information content (AvgIpc) is 2.47. The summed E-state index contributed by atoms with van der Waals surface area (Å²) in [6.07, 6.45) is 2.70. The van der Waals surface area contributed by atoms with Gasteiger partial charge in [-0.1, -0.05) is 51.1 Å². The molecule has 0 aromatic heterocycles. The van der Waals surface area contributed by atoms with Crippen LogP contribution in [0.3, 0.4) is 0 Å². The van der Waals surface area contributed by atoms with Crippen molar-refractivity contribution in [2.75, 3.05) is 19.6 Å². The molecule has 1 fully saturated rings. The summed E-state index contributed by atoms with van der Waals surface area (Å²) in [5.74, 6) is 1.52. The molecule has 1 aliphatic heterocycles. The SMILES string of the molecule is CC(C)CNCC(c1ccccc1)N1CC(C)CCC1C. The van der Waals surface area contributed by atoms with Gasteiger partial charge >= 0.3 is 0 Å². The number of hydrogen-bond acceptors (Lipinski definition) is 2. The lowest BCUT2D eigenvalue weighted by Crippen LogP contribution is -2.46. The molecule has 0 saturated carbocycles. The largest absolute Gasteiger partial charge is 0.315 e. The van der Waals surface area contributed by atoms with Crippen LogP contribution in [0.5, 0.6) is 0 Å². The van der Waals surface area contributed by atoms with E-state index < -0.39 is 0 Å². The molecule has 1 N–H and O–H groups in total. The number of benzene rings is 1. The van der Waals surface area contributed by atoms with Crippen molar-refractivity contribution in [1.29, 1.82) is 0 Å². The highest BCUT2D eigenvalue weighted by atomic mass is 15.2. The summed E-state index contributed by atoms with van der Waals surface area (Å²) in [7, 11) is 0. The highest BCUT2D eigenvalue weighted by molar-refractivity contribution is 5.20. The normalized spacial score (nSPS) is 25.2. The van der Waals surface area contributed by atoms with Gasteiger partial charge in [0.15, 0.2) is 0 Å². The standard InChI is InChI=1S/C19H32N2/c1-15(2)12-20-13-19(18-8-6-5-7-9-18)21-14-16(3)10-11-17(21)4/h5-9,15-17,19-20H,10-14H2,1-4H3. The van der Waals surface area contributed by atoms with Gasteiger partial charge in [-0.15, -0.1) is 0 Å². The molecule has 0 spiro atoms. The number of nitrogens with zero attached hydrogens (tertiary/aromatic N) is 1. The molecular formula is C19H32N2. The molecule has 0 amide bonds. The Kier molecular flexibility index (Phi) is 6.25. The molecular weight excluding hydrogens is 256 g/mol. The first kappa shape index (κ1) is 16.5. The quantitative estimate of drug-likeness (QED) is 0.848. The first-order chi connectivity index (χ1) is 10.1. The van der Waals surface area contributed by atoms with Gasteiger partial charge in [0.2, 0.25) is 0 Å². The van der Waals surface area contributed by atoms with Crippen LogP contribution in [0.4, 0.5) is 0 Å². The minimum absolute atomic E-state index is 0.502. The molecule has 3 atom stereocenters. The van der Waals surface area contributed by atoms with E-state index in [0.29, 0.717) is 18.0 Å². The number of likely N-dealkylation sites (tertiary alicyclic amines) is 1. The van der Waals surface area contributed by atoms with Gasteiger partial charge in [-0.2, -0.15) is 0 Å². The Morgan fingerprint density at radius 1 is 1.10 bits per heavy atom. The molecule has 2 rings (SSSR count). The van der Waals surface area contributed by atoms with Gasteiger partial charge in [0.25, 0.3) is 0 Å². The van der Waals surface area contributed by atoms with Crippen LogP contribution in [0.25, 0.3) is 0 Å². The summed E-state index contributed by atoms with van der Waals surface area (Å²) in [5, 5.41) is 3.67. The van der Waals surface area contributed by atoms with Crippen molar-refractivity contribution >= 4 is 0 Å². The molecule has 0 radical (unpaired) electrons. The summed E-state index contributed by atoms with van der Waals surface area (Å²) < 4.78 is 0. The summed E-state index contributed by atoms with van der Waals surface area (Å²) in [5.41, 5.74) is 1.45. The van der Waals surface area contributed by atoms with Gasteiger partial charge in [-0.25, -0.2) is 0 Å². The van der Waals surface area contributed by atoms with Crippen molar-refractivity contribution < 1.29 is 0 Å². The molecule has 2 nitrogen and oxygen atoms in total. The van der Waals surface area contributed by atoms with Crippen molar-refractivity contribution in [1.82, 2.24) is 10.2 Å². The van der Waals surface area contributed by atoms with Crippen LogP contribution in [0.1, 0.15) is 52.1 Å². The maximum absolute atomic E-state index is 3.67. The predicted octanol–water partition coefficient (Wildman–Crippen LogP) is 4.09. The Morgan fingerprint density at radius 3 is 2.48 bits per heavy atom. The Labute approximate surface area is 130 Å². The van der Waals surface area contributed by atoms with Crippen LogP contribution in [-0.2, 0) is 0 Å². The van der Waals surface area contributed by atoms with Crippen LogP contribution in [-0.4, -0.2) is 30.6 Å². The van der Waals surface area contributed by atoms with Gasteiger partial charge in [0.05, 0.1) is 0 Å². The zero-order valence-electron chi connectivity index (χ0n) is 14.2. The summed E-state index contributed by atoms with van der Waals surface area (Å²) in [4.78, 5) is 2.72. The third-order valence-electron chi connectivity index (χ3n) is 4.64. The molecule has 1 aromatic rings. The van der Waals surface area contributed by atoms with Crippen LogP contribution in [0, 0.1) is 11.8 Å². The van der Waals surface area contributed by atoms with Gasteiger partial charge in [0, 0.05) is 25.2 Å². The molecule has 1 aliphatic rings. The lowest BCUT2D eigenvalue weighted by molar-refractivity contribution is 0.0753. The van der Waals surface area contributed by atoms with Crippen molar-refractivity contribution in [3.05, 3.63) is 35.9 Å². The van der Waals surface area contributed by atoms with Crippen LogP contribution < -0.4 is 5.32 Å². The number of nitrogens with one attached hydrogen (secondary N) is 1. The smallest absolute Gasteiger partial charge is 0.0475 e. The number of rotatable bonds is 6. The second-order valence-corrected chi connectivity index (χ2v) is 7.21. The topological polar surface area (TPSA) is 15.3 Å². The van der Waals surface area contributed by atoms with E-state index in [1.165, 1.54) is 24.9 Å². The Bertz CT molecular complexity index is 401. The molecule has 1 saturated heterocycles. The molecule has 21 heavy (non-hydrogen) atoms. The maximum Gasteiger partial charge on any atom is 0.0475 e. The van der Waals surface area contributed by atoms with E-state index >= 15 is 0 Å². The minimum atomic E-state index is 0.502. The first-order valence-corrected chi connectivity index (χ1v) is 8.59. The van der Waals surface area contributed by atoms with E-state index in [1.807, 2.05) is 0 Å². The Balaban J connectivity index is 2.10. The third-order valence-corrected chi connectivity index (χ3v) is 4.64. The van der Waals surface area contributed by atoms with Crippen molar-refractivity contribution in [3.63, 3.8) is 0 Å². The van der Waals surface area contributed by atoms with Crippen molar-refractivity contribution in [2.45, 2.75) is 52.6 Å². The van der Waals surface area contributed by atoms with Crippen molar-refractivity contribution in [2.24, 2.45) is 11.8 Å². The second kappa shape index (κ2) is 7.95. The zero-order chi connectivity index (χ0) is 15.2. The first-order valence-electron chi connectivity index (χ1n) is 8.59. The fourth-order valence-electron chi connectivity index (χ4n) is 3.37. The van der Waals surface area contributed by atoms with Crippen LogP contribution >= 0.6 is 0 Å². The van der Waals surface area contributed by atoms with Crippen LogP contribution in [0.15, 0.2) is 30.3 Å². The van der Waals surface area contributed by atoms with E-state index in [9.17, 15) is 0 Å². The van der Waals surface area contributed by atoms with E-state index in [0.717, 1.165) is 19.0 Å². The summed E-state index contributed by atoms with van der Waals surface area (Å²) in [6.45, 7) is 12.7. The molecule has 3 unspecified atom stereocenters. The summed E-state index contributed by atoms with van der Waals surface area (Å²) >= 11 is 0. The van der Waals surface area contributed by atoms with E-state index in [1.54, 1.807) is 0 Å². The monoisotopic (exact) mass is 288 g/mol. The molecule has 2 heteroatoms.